The van der Waals surface area contributed by atoms with Crippen LogP contribution >= 0.6 is 0 Å². The van der Waals surface area contributed by atoms with Crippen molar-refractivity contribution in [3.8, 4) is 17.2 Å². The van der Waals surface area contributed by atoms with Crippen molar-refractivity contribution in [1.29, 1.82) is 0 Å². The van der Waals surface area contributed by atoms with Gasteiger partial charge >= 0.3 is 11.9 Å². The summed E-state index contributed by atoms with van der Waals surface area (Å²) in [5.74, 6) is -2.17. The zero-order valence-corrected chi connectivity index (χ0v) is 17.9. The van der Waals surface area contributed by atoms with Gasteiger partial charge in [-0.05, 0) is 76.8 Å². The molecule has 1 saturated carbocycles. The molecule has 0 saturated heterocycles. The molecule has 1 fully saturated rings. The number of aliphatic carboxylic acids is 2. The SMILES string of the molecule is CC(C)(CCCCCc1cc(O)c(O)c(CCCCC2(C(=O)O)CC2)c1O)C(=O)O. The van der Waals surface area contributed by atoms with Gasteiger partial charge in [-0.2, -0.15) is 0 Å². The first kappa shape index (κ1) is 23.8. The number of carboxylic acid groups (broad SMARTS) is 2. The second-order valence-electron chi connectivity index (χ2n) is 9.27. The number of aromatic hydroxyl groups is 3. The Morgan fingerprint density at radius 1 is 0.933 bits per heavy atom. The first-order valence-corrected chi connectivity index (χ1v) is 10.7. The van der Waals surface area contributed by atoms with E-state index in [0.29, 0.717) is 62.5 Å². The molecule has 1 aromatic rings. The van der Waals surface area contributed by atoms with E-state index in [1.165, 1.54) is 6.07 Å². The maximum Gasteiger partial charge on any atom is 0.309 e. The largest absolute Gasteiger partial charge is 0.507 e. The maximum absolute atomic E-state index is 11.2. The summed E-state index contributed by atoms with van der Waals surface area (Å²) in [5.41, 5.74) is -0.478. The molecular weight excluding hydrogens is 388 g/mol. The Balaban J connectivity index is 1.87. The molecule has 0 aromatic heterocycles. The molecule has 2 rings (SSSR count). The summed E-state index contributed by atoms with van der Waals surface area (Å²) in [7, 11) is 0. The molecule has 30 heavy (non-hydrogen) atoms. The molecule has 0 bridgehead atoms. The second kappa shape index (κ2) is 9.58. The lowest BCUT2D eigenvalue weighted by Crippen LogP contribution is -2.23. The highest BCUT2D eigenvalue weighted by Crippen LogP contribution is 2.50. The first-order valence-electron chi connectivity index (χ1n) is 10.7. The van der Waals surface area contributed by atoms with Crippen LogP contribution in [-0.4, -0.2) is 37.5 Å². The minimum absolute atomic E-state index is 0.0180. The van der Waals surface area contributed by atoms with Crippen LogP contribution in [0.1, 0.15) is 82.8 Å². The summed E-state index contributed by atoms with van der Waals surface area (Å²) >= 11 is 0. The molecule has 0 amide bonds. The Kier molecular flexibility index (Phi) is 7.61. The summed E-state index contributed by atoms with van der Waals surface area (Å²) in [6.45, 7) is 3.40. The van der Waals surface area contributed by atoms with E-state index in [1.807, 2.05) is 0 Å². The molecule has 0 heterocycles. The fourth-order valence-corrected chi connectivity index (χ4v) is 3.84. The van der Waals surface area contributed by atoms with Crippen molar-refractivity contribution >= 4 is 11.9 Å². The van der Waals surface area contributed by atoms with Crippen molar-refractivity contribution in [2.75, 3.05) is 0 Å². The molecule has 5 N–H and O–H groups in total. The van der Waals surface area contributed by atoms with E-state index < -0.39 is 22.8 Å². The normalized spacial score (nSPS) is 15.1. The van der Waals surface area contributed by atoms with Crippen LogP contribution in [0.2, 0.25) is 0 Å². The van der Waals surface area contributed by atoms with Crippen molar-refractivity contribution in [3.05, 3.63) is 17.2 Å². The van der Waals surface area contributed by atoms with Gasteiger partial charge in [0, 0.05) is 5.56 Å². The smallest absolute Gasteiger partial charge is 0.309 e. The third kappa shape index (κ3) is 5.80. The van der Waals surface area contributed by atoms with Gasteiger partial charge in [0.15, 0.2) is 11.5 Å². The van der Waals surface area contributed by atoms with Gasteiger partial charge in [0.25, 0.3) is 0 Å². The van der Waals surface area contributed by atoms with Gasteiger partial charge in [-0.15, -0.1) is 0 Å². The van der Waals surface area contributed by atoms with Crippen LogP contribution in [-0.2, 0) is 22.4 Å². The fraction of sp³-hybridized carbons (Fsp3) is 0.652. The zero-order valence-electron chi connectivity index (χ0n) is 17.9. The minimum atomic E-state index is -0.816. The van der Waals surface area contributed by atoms with Gasteiger partial charge in [-0.3, -0.25) is 9.59 Å². The molecule has 1 aromatic carbocycles. The molecule has 0 aliphatic heterocycles. The third-order valence-corrected chi connectivity index (χ3v) is 6.40. The van der Waals surface area contributed by atoms with Gasteiger partial charge < -0.3 is 25.5 Å². The lowest BCUT2D eigenvalue weighted by Gasteiger charge is -2.18. The number of phenolic OH excluding ortho intramolecular Hbond substituents is 3. The third-order valence-electron chi connectivity index (χ3n) is 6.40. The van der Waals surface area contributed by atoms with Crippen LogP contribution < -0.4 is 0 Å². The molecular formula is C23H34O7. The number of carbonyl (C=O) groups is 2. The summed E-state index contributed by atoms with van der Waals surface area (Å²) in [5, 5.41) is 49.1. The molecule has 0 atom stereocenters. The van der Waals surface area contributed by atoms with Crippen molar-refractivity contribution in [2.24, 2.45) is 10.8 Å². The van der Waals surface area contributed by atoms with E-state index in [4.69, 9.17) is 5.11 Å². The summed E-state index contributed by atoms with van der Waals surface area (Å²) in [6.07, 6.45) is 7.02. The molecule has 0 unspecified atom stereocenters. The van der Waals surface area contributed by atoms with Crippen LogP contribution in [0.4, 0.5) is 0 Å². The Hall–Kier alpha value is -2.44. The Bertz CT molecular complexity index is 778. The summed E-state index contributed by atoms with van der Waals surface area (Å²) in [6, 6.07) is 1.37. The maximum atomic E-state index is 11.2. The highest BCUT2D eigenvalue weighted by molar-refractivity contribution is 5.77. The van der Waals surface area contributed by atoms with Crippen LogP contribution in [0.5, 0.6) is 17.2 Å². The van der Waals surface area contributed by atoms with Gasteiger partial charge in [0.2, 0.25) is 0 Å². The van der Waals surface area contributed by atoms with E-state index in [9.17, 15) is 30.0 Å². The number of benzene rings is 1. The predicted octanol–water partition coefficient (Wildman–Crippen LogP) is 4.59. The highest BCUT2D eigenvalue weighted by atomic mass is 16.4. The second-order valence-corrected chi connectivity index (χ2v) is 9.27. The molecule has 1 aliphatic rings. The quantitative estimate of drug-likeness (QED) is 0.178. The predicted molar refractivity (Wildman–Crippen MR) is 112 cm³/mol. The number of rotatable bonds is 13. The number of aryl methyl sites for hydroxylation is 1. The average Bonchev–Trinajstić information content (AvgIpc) is 3.46. The molecule has 0 radical (unpaired) electrons. The molecule has 0 spiro atoms. The summed E-state index contributed by atoms with van der Waals surface area (Å²) in [4.78, 5) is 22.4. The van der Waals surface area contributed by atoms with Crippen LogP contribution in [0.25, 0.3) is 0 Å². The number of phenols is 3. The molecule has 1 aliphatic carbocycles. The van der Waals surface area contributed by atoms with Crippen molar-refractivity contribution in [2.45, 2.75) is 84.5 Å². The standard InChI is InChI=1S/C23H34O7/c1-22(2,20(27)28)10-6-3-4-8-15-14-17(24)19(26)16(18(15)25)9-5-7-11-23(12-13-23)21(29)30/h14,24-26H,3-13H2,1-2H3,(H,27,28)(H,29,30). The molecule has 7 nitrogen and oxygen atoms in total. The zero-order chi connectivity index (χ0) is 22.5. The Labute approximate surface area is 177 Å². The van der Waals surface area contributed by atoms with Crippen molar-refractivity contribution < 1.29 is 35.1 Å². The van der Waals surface area contributed by atoms with Crippen molar-refractivity contribution in [1.82, 2.24) is 0 Å². The van der Waals surface area contributed by atoms with E-state index in [0.717, 1.165) is 19.3 Å². The average molecular weight is 423 g/mol. The number of unbranched alkanes of at least 4 members (excludes halogenated alkanes) is 3. The lowest BCUT2D eigenvalue weighted by molar-refractivity contribution is -0.147. The monoisotopic (exact) mass is 422 g/mol. The highest BCUT2D eigenvalue weighted by Gasteiger charge is 2.49. The first-order chi connectivity index (χ1) is 14.0. The lowest BCUT2D eigenvalue weighted by atomic mass is 9.87. The van der Waals surface area contributed by atoms with E-state index >= 15 is 0 Å². The topological polar surface area (TPSA) is 135 Å². The molecule has 168 valence electrons. The minimum Gasteiger partial charge on any atom is -0.507 e. The number of hydrogen-bond donors (Lipinski definition) is 5. The van der Waals surface area contributed by atoms with Crippen LogP contribution in [0.3, 0.4) is 0 Å². The van der Waals surface area contributed by atoms with Gasteiger partial charge in [-0.25, -0.2) is 0 Å². The van der Waals surface area contributed by atoms with E-state index in [1.54, 1.807) is 13.8 Å². The summed E-state index contributed by atoms with van der Waals surface area (Å²) < 4.78 is 0. The number of carboxylic acids is 2. The van der Waals surface area contributed by atoms with Gasteiger partial charge in [-0.1, -0.05) is 19.3 Å². The van der Waals surface area contributed by atoms with Gasteiger partial charge in [0.05, 0.1) is 10.8 Å². The fourth-order valence-electron chi connectivity index (χ4n) is 3.84. The van der Waals surface area contributed by atoms with E-state index in [-0.39, 0.29) is 17.2 Å². The molecule has 7 heteroatoms. The van der Waals surface area contributed by atoms with Crippen LogP contribution in [0.15, 0.2) is 6.07 Å². The van der Waals surface area contributed by atoms with E-state index in [2.05, 4.69) is 0 Å². The van der Waals surface area contributed by atoms with Gasteiger partial charge in [0.1, 0.15) is 5.75 Å². The van der Waals surface area contributed by atoms with Crippen molar-refractivity contribution in [3.63, 3.8) is 0 Å². The Morgan fingerprint density at radius 3 is 2.13 bits per heavy atom. The van der Waals surface area contributed by atoms with Crippen LogP contribution in [0, 0.1) is 10.8 Å². The number of hydrogen-bond acceptors (Lipinski definition) is 5. The Morgan fingerprint density at radius 2 is 1.57 bits per heavy atom.